The molecule has 1 rings (SSSR count). The van der Waals surface area contributed by atoms with E-state index in [4.69, 9.17) is 9.47 Å². The fraction of sp³-hybridized carbons (Fsp3) is 0.846. The van der Waals surface area contributed by atoms with Gasteiger partial charge in [-0.3, -0.25) is 0 Å². The zero-order valence-corrected chi connectivity index (χ0v) is 11.2. The molecular weight excluding hydrogens is 204 g/mol. The van der Waals surface area contributed by atoms with Gasteiger partial charge < -0.3 is 14.6 Å². The quantitative estimate of drug-likeness (QED) is 0.736. The van der Waals surface area contributed by atoms with E-state index >= 15 is 0 Å². The van der Waals surface area contributed by atoms with Crippen LogP contribution in [0.25, 0.3) is 0 Å². The first-order chi connectivity index (χ1) is 7.23. The van der Waals surface area contributed by atoms with Gasteiger partial charge in [0.1, 0.15) is 17.3 Å². The maximum atomic E-state index is 10.6. The van der Waals surface area contributed by atoms with Gasteiger partial charge in [0.15, 0.2) is 0 Å². The van der Waals surface area contributed by atoms with Gasteiger partial charge >= 0.3 is 0 Å². The van der Waals surface area contributed by atoms with Crippen LogP contribution in [0.2, 0.25) is 0 Å². The van der Waals surface area contributed by atoms with Gasteiger partial charge in [0.05, 0.1) is 0 Å². The van der Waals surface area contributed by atoms with Crippen molar-refractivity contribution in [2.75, 3.05) is 14.2 Å². The van der Waals surface area contributed by atoms with Gasteiger partial charge in [0.25, 0.3) is 0 Å². The SMILES string of the molecule is COC1(C)C=CCC(OC)(C(C)(C)C)C1O. The molecule has 16 heavy (non-hydrogen) atoms. The highest BCUT2D eigenvalue weighted by molar-refractivity contribution is 5.20. The summed E-state index contributed by atoms with van der Waals surface area (Å²) in [5.74, 6) is 0. The van der Waals surface area contributed by atoms with Crippen LogP contribution in [0.3, 0.4) is 0 Å². The van der Waals surface area contributed by atoms with Crippen molar-refractivity contribution in [1.82, 2.24) is 0 Å². The molecule has 0 radical (unpaired) electrons. The summed E-state index contributed by atoms with van der Waals surface area (Å²) in [5.41, 5.74) is -1.44. The zero-order valence-electron chi connectivity index (χ0n) is 11.2. The number of hydrogen-bond acceptors (Lipinski definition) is 3. The fourth-order valence-electron chi connectivity index (χ4n) is 2.53. The van der Waals surface area contributed by atoms with Crippen molar-refractivity contribution in [3.63, 3.8) is 0 Å². The smallest absolute Gasteiger partial charge is 0.116 e. The van der Waals surface area contributed by atoms with Crippen molar-refractivity contribution in [2.45, 2.75) is 51.4 Å². The molecular formula is C13H24O3. The van der Waals surface area contributed by atoms with Crippen LogP contribution in [0.1, 0.15) is 34.1 Å². The molecule has 0 aromatic heterocycles. The molecule has 3 heteroatoms. The highest BCUT2D eigenvalue weighted by atomic mass is 16.5. The van der Waals surface area contributed by atoms with E-state index in [9.17, 15) is 5.11 Å². The number of aliphatic hydroxyl groups is 1. The maximum Gasteiger partial charge on any atom is 0.116 e. The van der Waals surface area contributed by atoms with E-state index in [1.165, 1.54) is 0 Å². The Hall–Kier alpha value is -0.380. The molecule has 0 spiro atoms. The van der Waals surface area contributed by atoms with E-state index < -0.39 is 17.3 Å². The lowest BCUT2D eigenvalue weighted by Crippen LogP contribution is -2.63. The maximum absolute atomic E-state index is 10.6. The van der Waals surface area contributed by atoms with Crippen molar-refractivity contribution < 1.29 is 14.6 Å². The lowest BCUT2D eigenvalue weighted by molar-refractivity contribution is -0.217. The molecule has 0 aromatic rings. The molecule has 3 unspecified atom stereocenters. The molecule has 3 nitrogen and oxygen atoms in total. The molecule has 94 valence electrons. The molecule has 0 aliphatic heterocycles. The van der Waals surface area contributed by atoms with E-state index in [0.717, 1.165) is 0 Å². The van der Waals surface area contributed by atoms with Gasteiger partial charge in [0, 0.05) is 14.2 Å². The average Bonchev–Trinajstić information content (AvgIpc) is 2.21. The molecule has 1 aliphatic carbocycles. The van der Waals surface area contributed by atoms with E-state index in [2.05, 4.69) is 20.8 Å². The van der Waals surface area contributed by atoms with Gasteiger partial charge in [-0.05, 0) is 18.8 Å². The number of rotatable bonds is 2. The summed E-state index contributed by atoms with van der Waals surface area (Å²) in [6.07, 6.45) is 3.97. The van der Waals surface area contributed by atoms with Crippen LogP contribution in [-0.4, -0.2) is 36.6 Å². The van der Waals surface area contributed by atoms with E-state index in [-0.39, 0.29) is 5.41 Å². The van der Waals surface area contributed by atoms with Crippen molar-refractivity contribution in [3.8, 4) is 0 Å². The molecule has 0 amide bonds. The van der Waals surface area contributed by atoms with Crippen LogP contribution in [-0.2, 0) is 9.47 Å². The Kier molecular flexibility index (Phi) is 3.53. The second-order valence-corrected chi connectivity index (χ2v) is 5.74. The molecule has 1 N–H and O–H groups in total. The van der Waals surface area contributed by atoms with E-state index in [0.29, 0.717) is 6.42 Å². The minimum absolute atomic E-state index is 0.161. The molecule has 0 saturated carbocycles. The molecule has 1 aliphatic rings. The first-order valence-electron chi connectivity index (χ1n) is 5.69. The zero-order chi connectivity index (χ0) is 12.6. The molecule has 3 atom stereocenters. The van der Waals surface area contributed by atoms with Crippen molar-refractivity contribution in [2.24, 2.45) is 5.41 Å². The Morgan fingerprint density at radius 3 is 2.19 bits per heavy atom. The number of aliphatic hydroxyl groups excluding tert-OH is 1. The lowest BCUT2D eigenvalue weighted by Gasteiger charge is -2.52. The molecule has 0 bridgehead atoms. The number of ether oxygens (including phenoxy) is 2. The van der Waals surface area contributed by atoms with Gasteiger partial charge in [-0.25, -0.2) is 0 Å². The highest BCUT2D eigenvalue weighted by Crippen LogP contribution is 2.46. The summed E-state index contributed by atoms with van der Waals surface area (Å²) >= 11 is 0. The Morgan fingerprint density at radius 1 is 1.25 bits per heavy atom. The minimum Gasteiger partial charge on any atom is -0.387 e. The van der Waals surface area contributed by atoms with Crippen LogP contribution >= 0.6 is 0 Å². The van der Waals surface area contributed by atoms with Crippen LogP contribution in [0, 0.1) is 5.41 Å². The predicted molar refractivity (Wildman–Crippen MR) is 64.4 cm³/mol. The first kappa shape index (κ1) is 13.7. The normalized spacial score (nSPS) is 40.1. The summed E-state index contributed by atoms with van der Waals surface area (Å²) in [7, 11) is 3.27. The van der Waals surface area contributed by atoms with Crippen molar-refractivity contribution in [3.05, 3.63) is 12.2 Å². The van der Waals surface area contributed by atoms with Gasteiger partial charge in [0.2, 0.25) is 0 Å². The second kappa shape index (κ2) is 4.13. The summed E-state index contributed by atoms with van der Waals surface area (Å²) in [6, 6.07) is 0. The second-order valence-electron chi connectivity index (χ2n) is 5.74. The summed E-state index contributed by atoms with van der Waals surface area (Å²) in [5, 5.41) is 10.6. The largest absolute Gasteiger partial charge is 0.387 e. The molecule has 0 aromatic carbocycles. The summed E-state index contributed by atoms with van der Waals surface area (Å²) < 4.78 is 11.1. The van der Waals surface area contributed by atoms with Crippen molar-refractivity contribution in [1.29, 1.82) is 0 Å². The summed E-state index contributed by atoms with van der Waals surface area (Å²) in [4.78, 5) is 0. The number of methoxy groups -OCH3 is 2. The third-order valence-corrected chi connectivity index (χ3v) is 3.93. The minimum atomic E-state index is -0.681. The molecule has 0 saturated heterocycles. The fourth-order valence-corrected chi connectivity index (χ4v) is 2.53. The third kappa shape index (κ3) is 1.81. The topological polar surface area (TPSA) is 38.7 Å². The highest BCUT2D eigenvalue weighted by Gasteiger charge is 2.55. The van der Waals surface area contributed by atoms with Crippen LogP contribution < -0.4 is 0 Å². The average molecular weight is 228 g/mol. The van der Waals surface area contributed by atoms with Crippen LogP contribution in [0.15, 0.2) is 12.2 Å². The first-order valence-corrected chi connectivity index (χ1v) is 5.69. The Morgan fingerprint density at radius 2 is 1.81 bits per heavy atom. The standard InChI is InChI=1S/C13H24O3/c1-11(2,3)13(16-6)9-7-8-12(4,15-5)10(13)14/h7-8,10,14H,9H2,1-6H3. The Labute approximate surface area is 98.4 Å². The Balaban J connectivity index is 3.20. The third-order valence-electron chi connectivity index (χ3n) is 3.93. The van der Waals surface area contributed by atoms with Crippen molar-refractivity contribution >= 4 is 0 Å². The molecule has 0 heterocycles. The van der Waals surface area contributed by atoms with Crippen LogP contribution in [0.5, 0.6) is 0 Å². The monoisotopic (exact) mass is 228 g/mol. The van der Waals surface area contributed by atoms with Gasteiger partial charge in [-0.1, -0.05) is 32.9 Å². The Bertz CT molecular complexity index is 279. The van der Waals surface area contributed by atoms with E-state index in [1.807, 2.05) is 19.1 Å². The van der Waals surface area contributed by atoms with E-state index in [1.54, 1.807) is 14.2 Å². The summed E-state index contributed by atoms with van der Waals surface area (Å²) in [6.45, 7) is 8.12. The van der Waals surface area contributed by atoms with Gasteiger partial charge in [-0.15, -0.1) is 0 Å². The number of hydrogen-bond donors (Lipinski definition) is 1. The van der Waals surface area contributed by atoms with Gasteiger partial charge in [-0.2, -0.15) is 0 Å². The predicted octanol–water partition coefficient (Wildman–Crippen LogP) is 2.14. The lowest BCUT2D eigenvalue weighted by atomic mass is 9.64. The van der Waals surface area contributed by atoms with Crippen LogP contribution in [0.4, 0.5) is 0 Å². The molecule has 0 fully saturated rings.